The Kier molecular flexibility index (Phi) is 4.43. The zero-order valence-corrected chi connectivity index (χ0v) is 13.5. The molecule has 112 valence electrons. The summed E-state index contributed by atoms with van der Waals surface area (Å²) in [6.07, 6.45) is 1.15. The monoisotopic (exact) mass is 303 g/mol. The number of aromatic nitrogens is 1. The molecule has 21 heavy (non-hydrogen) atoms. The fourth-order valence-electron chi connectivity index (χ4n) is 2.92. The van der Waals surface area contributed by atoms with Gasteiger partial charge in [-0.1, -0.05) is 36.7 Å². The molecule has 1 aromatic carbocycles. The van der Waals surface area contributed by atoms with E-state index in [9.17, 15) is 0 Å². The number of nitrogens with one attached hydrogen (secondary N) is 1. The standard InChI is InChI=1S/C17H22ClN3/c1-3-8-21(13-9-19-10-13)11-16-17(18)12(2)14-6-4-5-7-15(14)20-16/h4-7,13,19H,3,8-11H2,1-2H3. The third-order valence-electron chi connectivity index (χ3n) is 4.29. The van der Waals surface area contributed by atoms with Gasteiger partial charge in [0.05, 0.1) is 16.2 Å². The maximum Gasteiger partial charge on any atom is 0.0740 e. The third kappa shape index (κ3) is 2.91. The molecule has 0 spiro atoms. The van der Waals surface area contributed by atoms with Crippen LogP contribution in [0.25, 0.3) is 10.9 Å². The van der Waals surface area contributed by atoms with Gasteiger partial charge in [0.15, 0.2) is 0 Å². The van der Waals surface area contributed by atoms with Crippen molar-refractivity contribution in [2.24, 2.45) is 0 Å². The van der Waals surface area contributed by atoms with E-state index in [2.05, 4.69) is 36.2 Å². The summed E-state index contributed by atoms with van der Waals surface area (Å²) in [6.45, 7) is 8.39. The Balaban J connectivity index is 1.93. The van der Waals surface area contributed by atoms with E-state index >= 15 is 0 Å². The molecule has 1 saturated heterocycles. The van der Waals surface area contributed by atoms with E-state index < -0.39 is 0 Å². The molecular formula is C17H22ClN3. The van der Waals surface area contributed by atoms with Crippen LogP contribution in [0.2, 0.25) is 5.02 Å². The second kappa shape index (κ2) is 6.30. The number of fused-ring (bicyclic) bond motifs is 1. The van der Waals surface area contributed by atoms with Crippen LogP contribution in [-0.4, -0.2) is 35.6 Å². The van der Waals surface area contributed by atoms with E-state index in [4.69, 9.17) is 16.6 Å². The second-order valence-electron chi connectivity index (χ2n) is 5.80. The molecule has 2 aromatic rings. The van der Waals surface area contributed by atoms with Gasteiger partial charge in [-0.2, -0.15) is 0 Å². The van der Waals surface area contributed by atoms with Gasteiger partial charge in [-0.3, -0.25) is 4.90 Å². The molecule has 1 aliphatic heterocycles. The fourth-order valence-corrected chi connectivity index (χ4v) is 3.13. The maximum absolute atomic E-state index is 6.58. The first-order valence-electron chi connectivity index (χ1n) is 7.69. The van der Waals surface area contributed by atoms with Crippen LogP contribution in [0.5, 0.6) is 0 Å². The predicted octanol–water partition coefficient (Wildman–Crippen LogP) is 3.38. The number of para-hydroxylation sites is 1. The van der Waals surface area contributed by atoms with Crippen molar-refractivity contribution >= 4 is 22.5 Å². The van der Waals surface area contributed by atoms with E-state index in [1.54, 1.807) is 0 Å². The molecule has 0 saturated carbocycles. The quantitative estimate of drug-likeness (QED) is 0.918. The average molecular weight is 304 g/mol. The summed E-state index contributed by atoms with van der Waals surface area (Å²) < 4.78 is 0. The van der Waals surface area contributed by atoms with Gasteiger partial charge in [-0.15, -0.1) is 0 Å². The first-order valence-corrected chi connectivity index (χ1v) is 8.07. The number of halogens is 1. The van der Waals surface area contributed by atoms with Gasteiger partial charge >= 0.3 is 0 Å². The number of aryl methyl sites for hydroxylation is 1. The zero-order chi connectivity index (χ0) is 14.8. The minimum absolute atomic E-state index is 0.620. The highest BCUT2D eigenvalue weighted by molar-refractivity contribution is 6.32. The predicted molar refractivity (Wildman–Crippen MR) is 88.8 cm³/mol. The highest BCUT2D eigenvalue weighted by atomic mass is 35.5. The Morgan fingerprint density at radius 2 is 2.10 bits per heavy atom. The smallest absolute Gasteiger partial charge is 0.0740 e. The fraction of sp³-hybridized carbons (Fsp3) is 0.471. The minimum Gasteiger partial charge on any atom is -0.314 e. The summed E-state index contributed by atoms with van der Waals surface area (Å²) >= 11 is 6.58. The van der Waals surface area contributed by atoms with Crippen molar-refractivity contribution < 1.29 is 0 Å². The summed E-state index contributed by atoms with van der Waals surface area (Å²) in [7, 11) is 0. The van der Waals surface area contributed by atoms with Gasteiger partial charge in [0.2, 0.25) is 0 Å². The summed E-state index contributed by atoms with van der Waals surface area (Å²) in [5.74, 6) is 0. The normalized spacial score (nSPS) is 15.6. The van der Waals surface area contributed by atoms with Gasteiger partial charge < -0.3 is 5.32 Å². The van der Waals surface area contributed by atoms with Crippen molar-refractivity contribution in [1.29, 1.82) is 0 Å². The summed E-state index contributed by atoms with van der Waals surface area (Å²) in [5.41, 5.74) is 3.19. The lowest BCUT2D eigenvalue weighted by atomic mass is 10.1. The number of rotatable bonds is 5. The highest BCUT2D eigenvalue weighted by Gasteiger charge is 2.25. The van der Waals surface area contributed by atoms with Crippen LogP contribution in [0.3, 0.4) is 0 Å². The largest absolute Gasteiger partial charge is 0.314 e. The molecule has 3 nitrogen and oxygen atoms in total. The highest BCUT2D eigenvalue weighted by Crippen LogP contribution is 2.28. The van der Waals surface area contributed by atoms with Crippen molar-refractivity contribution in [1.82, 2.24) is 15.2 Å². The summed E-state index contributed by atoms with van der Waals surface area (Å²) in [5, 5.41) is 5.32. The van der Waals surface area contributed by atoms with E-state index in [0.717, 1.165) is 59.8 Å². The Bertz CT molecular complexity index is 637. The molecule has 2 heterocycles. The van der Waals surface area contributed by atoms with Crippen LogP contribution in [0.15, 0.2) is 24.3 Å². The van der Waals surface area contributed by atoms with Crippen LogP contribution in [0.1, 0.15) is 24.6 Å². The van der Waals surface area contributed by atoms with Crippen molar-refractivity contribution in [2.75, 3.05) is 19.6 Å². The lowest BCUT2D eigenvalue weighted by Gasteiger charge is -2.38. The van der Waals surface area contributed by atoms with Crippen molar-refractivity contribution in [2.45, 2.75) is 32.9 Å². The molecular weight excluding hydrogens is 282 g/mol. The van der Waals surface area contributed by atoms with E-state index in [1.807, 2.05) is 12.1 Å². The summed E-state index contributed by atoms with van der Waals surface area (Å²) in [4.78, 5) is 7.30. The lowest BCUT2D eigenvalue weighted by Crippen LogP contribution is -2.57. The van der Waals surface area contributed by atoms with Crippen LogP contribution < -0.4 is 5.32 Å². The number of nitrogens with zero attached hydrogens (tertiary/aromatic N) is 2. The molecule has 0 amide bonds. The van der Waals surface area contributed by atoms with Crippen molar-refractivity contribution in [3.8, 4) is 0 Å². The van der Waals surface area contributed by atoms with E-state index in [-0.39, 0.29) is 0 Å². The molecule has 1 N–H and O–H groups in total. The van der Waals surface area contributed by atoms with E-state index in [0.29, 0.717) is 6.04 Å². The molecule has 0 radical (unpaired) electrons. The molecule has 0 unspecified atom stereocenters. The van der Waals surface area contributed by atoms with Crippen molar-refractivity contribution in [3.63, 3.8) is 0 Å². The molecule has 4 heteroatoms. The lowest BCUT2D eigenvalue weighted by molar-refractivity contribution is 0.136. The zero-order valence-electron chi connectivity index (χ0n) is 12.7. The molecule has 1 aromatic heterocycles. The van der Waals surface area contributed by atoms with Crippen LogP contribution in [-0.2, 0) is 6.54 Å². The Hall–Kier alpha value is -1.16. The molecule has 0 aliphatic carbocycles. The number of hydrogen-bond acceptors (Lipinski definition) is 3. The van der Waals surface area contributed by atoms with Crippen LogP contribution in [0, 0.1) is 6.92 Å². The van der Waals surface area contributed by atoms with Crippen LogP contribution >= 0.6 is 11.6 Å². The minimum atomic E-state index is 0.620. The Morgan fingerprint density at radius 1 is 1.33 bits per heavy atom. The van der Waals surface area contributed by atoms with Gasteiger partial charge in [0.1, 0.15) is 0 Å². The third-order valence-corrected chi connectivity index (χ3v) is 4.79. The average Bonchev–Trinajstić information content (AvgIpc) is 2.43. The van der Waals surface area contributed by atoms with Gasteiger partial charge in [0.25, 0.3) is 0 Å². The topological polar surface area (TPSA) is 28.2 Å². The molecule has 0 atom stereocenters. The Morgan fingerprint density at radius 3 is 2.76 bits per heavy atom. The van der Waals surface area contributed by atoms with Crippen LogP contribution in [0.4, 0.5) is 0 Å². The first kappa shape index (κ1) is 14.8. The molecule has 3 rings (SSSR count). The first-order chi connectivity index (χ1) is 10.2. The van der Waals surface area contributed by atoms with Crippen molar-refractivity contribution in [3.05, 3.63) is 40.5 Å². The Labute approximate surface area is 131 Å². The maximum atomic E-state index is 6.58. The van der Waals surface area contributed by atoms with E-state index in [1.165, 1.54) is 0 Å². The van der Waals surface area contributed by atoms with Gasteiger partial charge in [-0.25, -0.2) is 4.98 Å². The second-order valence-corrected chi connectivity index (χ2v) is 6.18. The molecule has 0 bridgehead atoms. The SMILES string of the molecule is CCCN(Cc1nc2ccccc2c(C)c1Cl)C1CNC1. The number of benzene rings is 1. The van der Waals surface area contributed by atoms with Gasteiger partial charge in [0, 0.05) is 31.1 Å². The molecule has 1 fully saturated rings. The number of hydrogen-bond donors (Lipinski definition) is 1. The number of pyridine rings is 1. The summed E-state index contributed by atoms with van der Waals surface area (Å²) in [6, 6.07) is 8.85. The molecule has 1 aliphatic rings. The van der Waals surface area contributed by atoms with Gasteiger partial charge in [-0.05, 0) is 31.5 Å².